The first kappa shape index (κ1) is 31.5. The highest BCUT2D eigenvalue weighted by Crippen LogP contribution is 2.46. The summed E-state index contributed by atoms with van der Waals surface area (Å²) in [7, 11) is -4.36. The van der Waals surface area contributed by atoms with Gasteiger partial charge in [0.05, 0.1) is 45.6 Å². The molecule has 6 aromatic rings. The van der Waals surface area contributed by atoms with Gasteiger partial charge in [0.15, 0.2) is 4.21 Å². The smallest absolute Gasteiger partial charge is 0.304 e. The third-order valence-corrected chi connectivity index (χ3v) is 11.9. The summed E-state index contributed by atoms with van der Waals surface area (Å²) in [4.78, 5) is 1.78. The zero-order valence-electron chi connectivity index (χ0n) is 26.4. The van der Waals surface area contributed by atoms with E-state index in [1.54, 1.807) is 11.3 Å². The number of fused-ring (bicyclic) bond motifs is 6. The lowest BCUT2D eigenvalue weighted by Crippen LogP contribution is -2.08. The monoisotopic (exact) mass is 708 g/mol. The van der Waals surface area contributed by atoms with E-state index in [2.05, 4.69) is 52.6 Å². The van der Waals surface area contributed by atoms with Gasteiger partial charge in [-0.15, -0.1) is 22.7 Å². The molecule has 8 rings (SSSR count). The van der Waals surface area contributed by atoms with Gasteiger partial charge in [0.25, 0.3) is 0 Å². The van der Waals surface area contributed by atoms with Gasteiger partial charge in [0.2, 0.25) is 0 Å². The number of rotatable bonds is 11. The van der Waals surface area contributed by atoms with Crippen molar-refractivity contribution in [1.82, 2.24) is 19.6 Å². The van der Waals surface area contributed by atoms with Crippen molar-refractivity contribution in [1.29, 1.82) is 0 Å². The maximum Gasteiger partial charge on any atom is 0.304 e. The summed E-state index contributed by atoms with van der Waals surface area (Å²) in [5.74, 6) is 1.36. The van der Waals surface area contributed by atoms with Crippen LogP contribution in [0.2, 0.25) is 0 Å². The molecule has 0 saturated carbocycles. The number of hydrogen-bond donors (Lipinski definition) is 1. The van der Waals surface area contributed by atoms with Gasteiger partial charge in [-0.05, 0) is 54.0 Å². The van der Waals surface area contributed by atoms with Crippen LogP contribution in [0.1, 0.15) is 52.9 Å². The van der Waals surface area contributed by atoms with Gasteiger partial charge in [-0.25, -0.2) is 0 Å². The van der Waals surface area contributed by atoms with Crippen LogP contribution in [-0.2, 0) is 36.4 Å². The number of hydrogen-bond acceptors (Lipinski definition) is 8. The predicted octanol–water partition coefficient (Wildman–Crippen LogP) is 8.56. The molecular weight excluding hydrogens is 677 g/mol. The molecule has 0 unspecified atom stereocenters. The molecule has 0 bridgehead atoms. The van der Waals surface area contributed by atoms with E-state index >= 15 is 0 Å². The Morgan fingerprint density at radius 2 is 1.31 bits per heavy atom. The Kier molecular flexibility index (Phi) is 8.54. The predicted molar refractivity (Wildman–Crippen MR) is 193 cm³/mol. The van der Waals surface area contributed by atoms with Crippen LogP contribution in [-0.4, -0.2) is 32.5 Å². The normalized spacial score (nSPS) is 13.6. The molecule has 2 aliphatic heterocycles. The molecule has 0 spiro atoms. The van der Waals surface area contributed by atoms with E-state index in [-0.39, 0.29) is 10.8 Å². The van der Waals surface area contributed by atoms with E-state index in [1.807, 2.05) is 53.2 Å². The van der Waals surface area contributed by atoms with Gasteiger partial charge in [0.1, 0.15) is 24.7 Å². The number of allylic oxidation sites excluding steroid dienone is 2. The van der Waals surface area contributed by atoms with Crippen LogP contribution in [0.5, 0.6) is 11.5 Å². The number of ether oxygens (including phenoxy) is 2. The number of aromatic nitrogens is 4. The first-order valence-electron chi connectivity index (χ1n) is 16.0. The van der Waals surface area contributed by atoms with Crippen LogP contribution in [0.4, 0.5) is 0 Å². The van der Waals surface area contributed by atoms with Crippen LogP contribution >= 0.6 is 22.7 Å². The lowest BCUT2D eigenvalue weighted by atomic mass is 10.1. The van der Waals surface area contributed by atoms with E-state index in [0.717, 1.165) is 80.7 Å². The number of nitrogens with zero attached hydrogens (tertiary/aromatic N) is 4. The highest BCUT2D eigenvalue weighted by Gasteiger charge is 2.31. The van der Waals surface area contributed by atoms with E-state index < -0.39 is 10.1 Å². The minimum absolute atomic E-state index is 0.143. The van der Waals surface area contributed by atoms with Crippen LogP contribution in [0.25, 0.3) is 33.3 Å². The highest BCUT2D eigenvalue weighted by atomic mass is 32.3. The minimum Gasteiger partial charge on any atom is -0.487 e. The number of unbranched alkanes of at least 4 members (excludes halogenated alkanes) is 2. The minimum atomic E-state index is -4.36. The third-order valence-electron chi connectivity index (χ3n) is 8.54. The molecule has 0 radical (unpaired) electrons. The second kappa shape index (κ2) is 13.3. The quantitative estimate of drug-likeness (QED) is 0.106. The molecule has 0 fully saturated rings. The van der Waals surface area contributed by atoms with Crippen molar-refractivity contribution in [3.05, 3.63) is 124 Å². The lowest BCUT2D eigenvalue weighted by Gasteiger charge is -2.16. The van der Waals surface area contributed by atoms with Crippen LogP contribution in [0.15, 0.2) is 94.5 Å². The highest BCUT2D eigenvalue weighted by molar-refractivity contribution is 7.88. The second-order valence-corrected chi connectivity index (χ2v) is 15.5. The number of benzene rings is 2. The lowest BCUT2D eigenvalue weighted by molar-refractivity contribution is 0.302. The summed E-state index contributed by atoms with van der Waals surface area (Å²) in [6.07, 6.45) is 11.1. The maximum absolute atomic E-state index is 11.9. The average molecular weight is 709 g/mol. The molecule has 0 amide bonds. The molecule has 0 atom stereocenters. The Balaban J connectivity index is 0.979. The van der Waals surface area contributed by atoms with Crippen molar-refractivity contribution < 1.29 is 22.4 Å². The molecule has 2 aliphatic rings. The van der Waals surface area contributed by atoms with Crippen molar-refractivity contribution in [2.24, 2.45) is 0 Å². The molecule has 1 N–H and O–H groups in total. The summed E-state index contributed by atoms with van der Waals surface area (Å²) in [5, 5.41) is 12.0. The second-order valence-electron chi connectivity index (χ2n) is 11.9. The summed E-state index contributed by atoms with van der Waals surface area (Å²) in [5.41, 5.74) is 8.00. The Morgan fingerprint density at radius 3 is 1.88 bits per heavy atom. The van der Waals surface area contributed by atoms with Crippen LogP contribution in [0.3, 0.4) is 0 Å². The Hall–Kier alpha value is -4.75. The molecule has 2 aromatic carbocycles. The largest absolute Gasteiger partial charge is 0.487 e. The van der Waals surface area contributed by atoms with Gasteiger partial charge in [0, 0.05) is 17.2 Å². The van der Waals surface area contributed by atoms with E-state index in [4.69, 9.17) is 19.7 Å². The van der Waals surface area contributed by atoms with Crippen molar-refractivity contribution in [3.63, 3.8) is 0 Å². The fourth-order valence-electron chi connectivity index (χ4n) is 6.22. The van der Waals surface area contributed by atoms with Crippen molar-refractivity contribution in [2.75, 3.05) is 0 Å². The fraction of sp³-hybridized carbons (Fsp3) is 0.189. The van der Waals surface area contributed by atoms with Crippen molar-refractivity contribution in [3.8, 4) is 32.6 Å². The summed E-state index contributed by atoms with van der Waals surface area (Å²) in [6, 6.07) is 23.8. The molecule has 248 valence electrons. The van der Waals surface area contributed by atoms with Crippen LogP contribution in [0, 0.1) is 0 Å². The Bertz CT molecular complexity index is 2300. The molecular formula is C37H32N4O5S3. The third kappa shape index (κ3) is 6.40. The molecule has 12 heteroatoms. The first-order valence-corrected chi connectivity index (χ1v) is 19.1. The van der Waals surface area contributed by atoms with E-state index in [9.17, 15) is 13.0 Å². The topological polar surface area (TPSA) is 108 Å². The molecule has 0 saturated heterocycles. The standard InChI is InChI=1S/C37H32N4O5S3/c42-49(43,44)33-20-32-37(48-33)35-28(24-46-32)30(39-41(35)22-26-14-8-5-9-15-26)17-11-3-1-2-10-16-29-27-23-45-31-18-19-47-36(31)34(27)40(38-29)21-25-12-6-4-7-13-25/h4-20H,1-3,21-24H2,(H,42,43,44)/b16-10+,17-11+. The van der Waals surface area contributed by atoms with Gasteiger partial charge < -0.3 is 9.47 Å². The Morgan fingerprint density at radius 1 is 0.755 bits per heavy atom. The SMILES string of the molecule is O=S(=O)(O)c1cc2c(s1)-c1c(c(/C=C/CCC/C=C/c3nn(Cc4ccccc4)c4c3COc3ccsc3-4)nn1Cc1ccccc1)CO2. The van der Waals surface area contributed by atoms with Gasteiger partial charge in [-0.1, -0.05) is 72.8 Å². The first-order chi connectivity index (χ1) is 23.9. The number of thiophene rings is 2. The van der Waals surface area contributed by atoms with Gasteiger partial charge >= 0.3 is 10.1 Å². The van der Waals surface area contributed by atoms with Crippen molar-refractivity contribution >= 4 is 44.9 Å². The fourth-order valence-corrected chi connectivity index (χ4v) is 8.97. The zero-order valence-corrected chi connectivity index (χ0v) is 28.8. The average Bonchev–Trinajstić information content (AvgIpc) is 3.89. The molecule has 9 nitrogen and oxygen atoms in total. The van der Waals surface area contributed by atoms with Crippen LogP contribution < -0.4 is 9.47 Å². The zero-order chi connectivity index (χ0) is 33.4. The molecule has 4 aromatic heterocycles. The summed E-state index contributed by atoms with van der Waals surface area (Å²) in [6.45, 7) is 1.99. The van der Waals surface area contributed by atoms with E-state index in [1.165, 1.54) is 11.6 Å². The van der Waals surface area contributed by atoms with E-state index in [0.29, 0.717) is 30.3 Å². The van der Waals surface area contributed by atoms with Gasteiger partial charge in [-0.3, -0.25) is 13.9 Å². The van der Waals surface area contributed by atoms with Crippen molar-refractivity contribution in [2.45, 2.75) is 49.8 Å². The maximum atomic E-state index is 11.9. The summed E-state index contributed by atoms with van der Waals surface area (Å²) < 4.78 is 49.4. The summed E-state index contributed by atoms with van der Waals surface area (Å²) >= 11 is 2.68. The Labute approximate surface area is 292 Å². The molecule has 6 heterocycles. The molecule has 49 heavy (non-hydrogen) atoms. The molecule has 0 aliphatic carbocycles. The van der Waals surface area contributed by atoms with Gasteiger partial charge in [-0.2, -0.15) is 18.6 Å².